The van der Waals surface area contributed by atoms with Gasteiger partial charge in [-0.1, -0.05) is 23.8 Å². The Morgan fingerprint density at radius 3 is 2.76 bits per heavy atom. The first-order valence-electron chi connectivity index (χ1n) is 9.46. The number of hydrogen-bond acceptors (Lipinski definition) is 6. The molecule has 0 N–H and O–H groups in total. The van der Waals surface area contributed by atoms with Gasteiger partial charge in [0, 0.05) is 35.5 Å². The van der Waals surface area contributed by atoms with Crippen molar-refractivity contribution in [2.75, 3.05) is 31.2 Å². The number of benzene rings is 1. The van der Waals surface area contributed by atoms with Gasteiger partial charge in [-0.15, -0.1) is 0 Å². The maximum absolute atomic E-state index is 5.50. The van der Waals surface area contributed by atoms with E-state index in [0.29, 0.717) is 19.2 Å². The minimum Gasteiger partial charge on any atom is -0.378 e. The van der Waals surface area contributed by atoms with Crippen molar-refractivity contribution in [3.05, 3.63) is 58.8 Å². The van der Waals surface area contributed by atoms with Crippen LogP contribution in [0.2, 0.25) is 0 Å². The van der Waals surface area contributed by atoms with E-state index in [2.05, 4.69) is 50.9 Å². The molecule has 4 aromatic rings. The molecule has 0 bridgehead atoms. The van der Waals surface area contributed by atoms with E-state index >= 15 is 0 Å². The molecular formula is C21H19BrN6O. The van der Waals surface area contributed by atoms with Crippen LogP contribution in [0.3, 0.4) is 0 Å². The van der Waals surface area contributed by atoms with Crippen LogP contribution < -0.4 is 4.90 Å². The second kappa shape index (κ2) is 7.53. The zero-order valence-corrected chi connectivity index (χ0v) is 17.5. The predicted octanol–water partition coefficient (Wildman–Crippen LogP) is 3.79. The minimum absolute atomic E-state index is 0.526. The fourth-order valence-electron chi connectivity index (χ4n) is 3.46. The Morgan fingerprint density at radius 2 is 1.93 bits per heavy atom. The van der Waals surface area contributed by atoms with Crippen LogP contribution in [0.1, 0.15) is 5.56 Å². The van der Waals surface area contributed by atoms with Crippen LogP contribution in [0.5, 0.6) is 0 Å². The summed E-state index contributed by atoms with van der Waals surface area (Å²) in [7, 11) is 0. The van der Waals surface area contributed by atoms with E-state index in [1.807, 2.05) is 24.4 Å². The average molecular weight is 451 g/mol. The Morgan fingerprint density at radius 1 is 1.07 bits per heavy atom. The van der Waals surface area contributed by atoms with Gasteiger partial charge in [-0.2, -0.15) is 10.1 Å². The molecule has 0 saturated carbocycles. The first-order valence-corrected chi connectivity index (χ1v) is 10.3. The van der Waals surface area contributed by atoms with Crippen molar-refractivity contribution in [1.29, 1.82) is 0 Å². The van der Waals surface area contributed by atoms with E-state index in [1.165, 1.54) is 5.56 Å². The van der Waals surface area contributed by atoms with Crippen LogP contribution in [0.25, 0.3) is 28.2 Å². The number of pyridine rings is 1. The second-order valence-electron chi connectivity index (χ2n) is 6.98. The van der Waals surface area contributed by atoms with Crippen molar-refractivity contribution in [2.45, 2.75) is 6.92 Å². The molecule has 0 radical (unpaired) electrons. The Labute approximate surface area is 176 Å². The van der Waals surface area contributed by atoms with Crippen molar-refractivity contribution in [3.63, 3.8) is 0 Å². The molecule has 1 saturated heterocycles. The summed E-state index contributed by atoms with van der Waals surface area (Å²) in [6.07, 6.45) is 3.67. The van der Waals surface area contributed by atoms with Gasteiger partial charge in [0.2, 0.25) is 0 Å². The lowest BCUT2D eigenvalue weighted by atomic mass is 10.1. The monoisotopic (exact) mass is 450 g/mol. The molecule has 7 nitrogen and oxygen atoms in total. The van der Waals surface area contributed by atoms with E-state index in [-0.39, 0.29) is 0 Å². The van der Waals surface area contributed by atoms with Crippen LogP contribution in [0, 0.1) is 6.92 Å². The van der Waals surface area contributed by atoms with Gasteiger partial charge >= 0.3 is 0 Å². The van der Waals surface area contributed by atoms with Crippen molar-refractivity contribution in [2.24, 2.45) is 0 Å². The number of halogens is 1. The molecule has 0 amide bonds. The van der Waals surface area contributed by atoms with E-state index < -0.39 is 0 Å². The van der Waals surface area contributed by atoms with Gasteiger partial charge in [0.25, 0.3) is 5.95 Å². The van der Waals surface area contributed by atoms with Gasteiger partial charge in [-0.25, -0.2) is 14.6 Å². The molecule has 0 atom stereocenters. The Balaban J connectivity index is 1.61. The lowest BCUT2D eigenvalue weighted by molar-refractivity contribution is 0.122. The van der Waals surface area contributed by atoms with E-state index in [1.54, 1.807) is 10.9 Å². The number of hydrogen-bond donors (Lipinski definition) is 0. The molecule has 4 heterocycles. The van der Waals surface area contributed by atoms with Gasteiger partial charge in [0.15, 0.2) is 5.82 Å². The van der Waals surface area contributed by atoms with Gasteiger partial charge in [-0.05, 0) is 41.1 Å². The highest BCUT2D eigenvalue weighted by atomic mass is 79.9. The zero-order valence-electron chi connectivity index (χ0n) is 15.9. The van der Waals surface area contributed by atoms with E-state index in [0.717, 1.165) is 45.7 Å². The third kappa shape index (κ3) is 3.61. The topological polar surface area (TPSA) is 69.0 Å². The van der Waals surface area contributed by atoms with Gasteiger partial charge < -0.3 is 9.64 Å². The molecule has 3 aromatic heterocycles. The molecule has 0 spiro atoms. The molecule has 0 aliphatic carbocycles. The molecule has 1 aliphatic heterocycles. The quantitative estimate of drug-likeness (QED) is 0.472. The molecule has 1 aliphatic rings. The smallest absolute Gasteiger partial charge is 0.253 e. The highest BCUT2D eigenvalue weighted by Crippen LogP contribution is 2.26. The lowest BCUT2D eigenvalue weighted by Crippen LogP contribution is -2.37. The lowest BCUT2D eigenvalue weighted by Gasteiger charge is -2.28. The summed E-state index contributed by atoms with van der Waals surface area (Å²) < 4.78 is 8.10. The molecule has 146 valence electrons. The van der Waals surface area contributed by atoms with E-state index in [4.69, 9.17) is 19.8 Å². The Bertz CT molecular complexity index is 1180. The number of nitrogens with zero attached hydrogens (tertiary/aromatic N) is 6. The highest BCUT2D eigenvalue weighted by molar-refractivity contribution is 9.10. The molecule has 5 rings (SSSR count). The fraction of sp³-hybridized carbons (Fsp3) is 0.238. The summed E-state index contributed by atoms with van der Waals surface area (Å²) >= 11 is 3.50. The zero-order chi connectivity index (χ0) is 19.8. The number of ether oxygens (including phenoxy) is 1. The van der Waals surface area contributed by atoms with E-state index in [9.17, 15) is 0 Å². The fourth-order valence-corrected chi connectivity index (χ4v) is 3.78. The Hall–Kier alpha value is -2.84. The van der Waals surface area contributed by atoms with Crippen molar-refractivity contribution in [3.8, 4) is 17.2 Å². The normalized spacial score (nSPS) is 14.5. The van der Waals surface area contributed by atoms with Crippen LogP contribution in [0.4, 0.5) is 5.82 Å². The SMILES string of the molecule is Cc1cccc(-c2ccn(-c3nc(N4CCOCC4)c4ncc(Br)cc4n3)n2)c1. The van der Waals surface area contributed by atoms with Crippen LogP contribution >= 0.6 is 15.9 Å². The largest absolute Gasteiger partial charge is 0.378 e. The number of aryl methyl sites for hydroxylation is 1. The van der Waals surface area contributed by atoms with Gasteiger partial charge in [0.1, 0.15) is 5.52 Å². The standard InChI is InChI=1S/C21H19BrN6O/c1-14-3-2-4-15(11-14)17-5-6-28(26-17)21-24-18-12-16(22)13-23-19(18)20(25-21)27-7-9-29-10-8-27/h2-6,11-13H,7-10H2,1H3. The van der Waals surface area contributed by atoms with Crippen LogP contribution in [-0.4, -0.2) is 51.0 Å². The Kier molecular flexibility index (Phi) is 4.73. The van der Waals surface area contributed by atoms with Crippen molar-refractivity contribution in [1.82, 2.24) is 24.7 Å². The number of morpholine rings is 1. The van der Waals surface area contributed by atoms with Gasteiger partial charge in [-0.3, -0.25) is 0 Å². The third-order valence-electron chi connectivity index (χ3n) is 4.89. The summed E-state index contributed by atoms with van der Waals surface area (Å²) in [6.45, 7) is 4.98. The maximum atomic E-state index is 5.50. The minimum atomic E-state index is 0.526. The first-order chi connectivity index (χ1) is 14.2. The number of rotatable bonds is 3. The number of anilines is 1. The summed E-state index contributed by atoms with van der Waals surface area (Å²) in [6, 6.07) is 12.2. The summed E-state index contributed by atoms with van der Waals surface area (Å²) in [5, 5.41) is 4.72. The predicted molar refractivity (Wildman–Crippen MR) is 115 cm³/mol. The summed E-state index contributed by atoms with van der Waals surface area (Å²) in [4.78, 5) is 16.3. The second-order valence-corrected chi connectivity index (χ2v) is 7.90. The molecular weight excluding hydrogens is 432 g/mol. The molecule has 0 unspecified atom stereocenters. The number of aromatic nitrogens is 5. The van der Waals surface area contributed by atoms with Crippen molar-refractivity contribution < 1.29 is 4.74 Å². The molecule has 8 heteroatoms. The van der Waals surface area contributed by atoms with Crippen LogP contribution in [-0.2, 0) is 4.74 Å². The van der Waals surface area contributed by atoms with Crippen LogP contribution in [0.15, 0.2) is 53.3 Å². The summed E-state index contributed by atoms with van der Waals surface area (Å²) in [5.74, 6) is 1.34. The molecule has 1 fully saturated rings. The third-order valence-corrected chi connectivity index (χ3v) is 5.32. The molecule has 29 heavy (non-hydrogen) atoms. The molecule has 1 aromatic carbocycles. The maximum Gasteiger partial charge on any atom is 0.253 e. The summed E-state index contributed by atoms with van der Waals surface area (Å²) in [5.41, 5.74) is 4.72. The van der Waals surface area contributed by atoms with Gasteiger partial charge in [0.05, 0.1) is 24.4 Å². The van der Waals surface area contributed by atoms with Crippen molar-refractivity contribution >= 4 is 32.8 Å². The first kappa shape index (κ1) is 18.2. The highest BCUT2D eigenvalue weighted by Gasteiger charge is 2.19. The average Bonchev–Trinajstić information content (AvgIpc) is 3.24. The number of fused-ring (bicyclic) bond motifs is 1.